The van der Waals surface area contributed by atoms with Crippen LogP contribution < -0.4 is 103 Å². The van der Waals surface area contributed by atoms with Gasteiger partial charge in [0.25, 0.3) is 10.1 Å². The van der Waals surface area contributed by atoms with Crippen LogP contribution in [-0.4, -0.2) is 18.1 Å². The van der Waals surface area contributed by atoms with Gasteiger partial charge in [-0.05, 0) is 24.3 Å². The molecule has 7 heteroatoms. The summed E-state index contributed by atoms with van der Waals surface area (Å²) in [4.78, 5) is -0.227. The molecule has 13 heavy (non-hydrogen) atoms. The van der Waals surface area contributed by atoms with Crippen LogP contribution in [0.1, 0.15) is 2.85 Å². The third-order valence-electron chi connectivity index (χ3n) is 1.13. The van der Waals surface area contributed by atoms with Crippen molar-refractivity contribution in [3.05, 3.63) is 24.3 Å². The van der Waals surface area contributed by atoms with Crippen LogP contribution in [0.25, 0.3) is 0 Å². The number of aromatic hydroxyl groups is 1. The molecule has 0 heterocycles. The Morgan fingerprint density at radius 1 is 1.08 bits per heavy atom. The summed E-state index contributed by atoms with van der Waals surface area (Å²) in [5.41, 5.74) is 0. The largest absolute Gasteiger partial charge is 1.00 e. The van der Waals surface area contributed by atoms with E-state index < -0.39 is 10.1 Å². The van der Waals surface area contributed by atoms with Crippen molar-refractivity contribution < 1.29 is 124 Å². The molecule has 0 spiro atoms. The van der Waals surface area contributed by atoms with Gasteiger partial charge >= 0.3 is 103 Å². The Morgan fingerprint density at radius 3 is 1.77 bits per heavy atom. The normalized spacial score (nSPS) is 9.62. The maximum absolute atomic E-state index is 10.4. The van der Waals surface area contributed by atoms with Gasteiger partial charge < -0.3 is 7.96 Å². The fourth-order valence-electron chi connectivity index (χ4n) is 0.618. The first-order valence-electron chi connectivity index (χ1n) is 2.77. The van der Waals surface area contributed by atoms with Gasteiger partial charge in [-0.3, -0.25) is 4.55 Å². The predicted octanol–water partition coefficient (Wildman–Crippen LogP) is -5.13. The van der Waals surface area contributed by atoms with Gasteiger partial charge in [0, 0.05) is 0 Å². The molecule has 0 unspecified atom stereocenters. The van der Waals surface area contributed by atoms with Gasteiger partial charge in [0.15, 0.2) is 0 Å². The summed E-state index contributed by atoms with van der Waals surface area (Å²) in [6, 6.07) is 4.60. The molecule has 0 fully saturated rings. The van der Waals surface area contributed by atoms with E-state index >= 15 is 0 Å². The van der Waals surface area contributed by atoms with E-state index in [0.717, 1.165) is 12.1 Å². The fourth-order valence-corrected chi connectivity index (χ4v) is 1.10. The van der Waals surface area contributed by atoms with E-state index in [1.54, 1.807) is 0 Å². The first-order valence-corrected chi connectivity index (χ1v) is 4.21. The summed E-state index contributed by atoms with van der Waals surface area (Å²) in [5, 5.41) is 8.75. The van der Waals surface area contributed by atoms with E-state index in [0.29, 0.717) is 0 Å². The van der Waals surface area contributed by atoms with E-state index in [1.807, 2.05) is 0 Å². The minimum absolute atomic E-state index is 0. The molecule has 2 N–H and O–H groups in total. The second kappa shape index (κ2) is 7.47. The van der Waals surface area contributed by atoms with Gasteiger partial charge in [-0.25, -0.2) is 0 Å². The van der Waals surface area contributed by atoms with E-state index in [4.69, 9.17) is 9.66 Å². The Morgan fingerprint density at radius 2 is 1.46 bits per heavy atom. The average molecular weight is 254 g/mol. The number of phenols is 1. The molecule has 1 aromatic rings. The molecule has 64 valence electrons. The van der Waals surface area contributed by atoms with Gasteiger partial charge in [0.1, 0.15) is 5.75 Å². The van der Waals surface area contributed by atoms with E-state index in [-0.39, 0.29) is 116 Å². The van der Waals surface area contributed by atoms with Gasteiger partial charge in [0.05, 0.1) is 4.90 Å². The van der Waals surface area contributed by atoms with Crippen LogP contribution in [0.4, 0.5) is 0 Å². The number of benzene rings is 1. The van der Waals surface area contributed by atoms with Crippen molar-refractivity contribution in [2.45, 2.75) is 4.90 Å². The zero-order valence-electron chi connectivity index (χ0n) is 9.43. The Hall–Kier alpha value is 2.20. The molecule has 1 aromatic carbocycles. The van der Waals surface area contributed by atoms with Crippen molar-refractivity contribution >= 4 is 10.1 Å². The van der Waals surface area contributed by atoms with Crippen LogP contribution in [0, 0.1) is 0 Å². The zero-order chi connectivity index (χ0) is 8.48. The Kier molecular flexibility index (Phi) is 10.1. The number of hydrogen-bond donors (Lipinski definition) is 2. The standard InChI is InChI=1S/C6H6O4S.2K.2H/c7-5-1-3-6(4-2-5)11(8,9)10;;;;/h1-4,7H,(H,8,9,10);;;;/q;2*+1;2*-1. The molecule has 0 aliphatic rings. The van der Waals surface area contributed by atoms with Crippen molar-refractivity contribution in [1.29, 1.82) is 0 Å². The molecule has 0 aromatic heterocycles. The molecule has 0 bridgehead atoms. The molecule has 1 rings (SSSR count). The van der Waals surface area contributed by atoms with Crippen LogP contribution >= 0.6 is 0 Å². The van der Waals surface area contributed by atoms with Crippen LogP contribution in [0.2, 0.25) is 0 Å². The first kappa shape index (κ1) is 17.6. The summed E-state index contributed by atoms with van der Waals surface area (Å²) in [6.07, 6.45) is 0. The van der Waals surface area contributed by atoms with Gasteiger partial charge in [-0.1, -0.05) is 0 Å². The van der Waals surface area contributed by atoms with Crippen LogP contribution in [0.15, 0.2) is 29.2 Å². The number of hydrogen-bond acceptors (Lipinski definition) is 3. The average Bonchev–Trinajstić information content (AvgIpc) is 1.86. The maximum atomic E-state index is 10.4. The molecule has 0 saturated carbocycles. The molecule has 0 saturated heterocycles. The second-order valence-corrected chi connectivity index (χ2v) is 3.39. The van der Waals surface area contributed by atoms with Crippen molar-refractivity contribution in [2.75, 3.05) is 0 Å². The SMILES string of the molecule is O=S(=O)(O)c1ccc(O)cc1.[H-].[H-].[K+].[K+]. The minimum atomic E-state index is -4.13. The summed E-state index contributed by atoms with van der Waals surface area (Å²) in [5.74, 6) is -0.0441. The fraction of sp³-hybridized carbons (Fsp3) is 0. The van der Waals surface area contributed by atoms with Gasteiger partial charge in [-0.2, -0.15) is 8.42 Å². The van der Waals surface area contributed by atoms with Crippen molar-refractivity contribution in [1.82, 2.24) is 0 Å². The minimum Gasteiger partial charge on any atom is -1.00 e. The summed E-state index contributed by atoms with van der Waals surface area (Å²) < 4.78 is 29.3. The van der Waals surface area contributed by atoms with E-state index in [2.05, 4.69) is 0 Å². The first-order chi connectivity index (χ1) is 5.00. The van der Waals surface area contributed by atoms with E-state index in [9.17, 15) is 8.42 Å². The molecule has 0 radical (unpaired) electrons. The smallest absolute Gasteiger partial charge is 1.00 e. The van der Waals surface area contributed by atoms with Crippen molar-refractivity contribution in [3.8, 4) is 5.75 Å². The van der Waals surface area contributed by atoms with E-state index in [1.165, 1.54) is 12.1 Å². The Balaban J connectivity index is -0.000000151. The molecule has 4 nitrogen and oxygen atoms in total. The topological polar surface area (TPSA) is 74.6 Å². The van der Waals surface area contributed by atoms with Crippen molar-refractivity contribution in [2.24, 2.45) is 0 Å². The molecular weight excluding hydrogens is 246 g/mol. The zero-order valence-corrected chi connectivity index (χ0v) is 14.5. The van der Waals surface area contributed by atoms with Gasteiger partial charge in [-0.15, -0.1) is 0 Å². The summed E-state index contributed by atoms with van der Waals surface area (Å²) in [7, 11) is -4.13. The molecule has 0 atom stereocenters. The summed E-state index contributed by atoms with van der Waals surface area (Å²) >= 11 is 0. The maximum Gasteiger partial charge on any atom is 1.00 e. The molecule has 0 aliphatic carbocycles. The Labute approximate surface area is 165 Å². The number of rotatable bonds is 1. The molecular formula is C6H8K2O4S. The van der Waals surface area contributed by atoms with Crippen LogP contribution in [0.3, 0.4) is 0 Å². The van der Waals surface area contributed by atoms with Gasteiger partial charge in [0.2, 0.25) is 0 Å². The molecule has 0 amide bonds. The third-order valence-corrected chi connectivity index (χ3v) is 2.00. The third kappa shape index (κ3) is 6.38. The predicted molar refractivity (Wildman–Crippen MR) is 40.1 cm³/mol. The monoisotopic (exact) mass is 254 g/mol. The van der Waals surface area contributed by atoms with Crippen LogP contribution in [0.5, 0.6) is 5.75 Å². The molecule has 0 aliphatic heterocycles. The number of phenolic OH excluding ortho intramolecular Hbond substituents is 1. The van der Waals surface area contributed by atoms with Crippen LogP contribution in [-0.2, 0) is 10.1 Å². The summed E-state index contributed by atoms with van der Waals surface area (Å²) in [6.45, 7) is 0. The second-order valence-electron chi connectivity index (χ2n) is 1.97. The van der Waals surface area contributed by atoms with Crippen molar-refractivity contribution in [3.63, 3.8) is 0 Å². The Bertz CT molecular complexity index is 354. The quantitative estimate of drug-likeness (QED) is 0.388.